The van der Waals surface area contributed by atoms with Crippen LogP contribution >= 0.6 is 0 Å². The van der Waals surface area contributed by atoms with E-state index < -0.39 is 0 Å². The van der Waals surface area contributed by atoms with Gasteiger partial charge in [-0.1, -0.05) is 301 Å². The van der Waals surface area contributed by atoms with Crippen LogP contribution in [0.4, 0.5) is 0 Å². The molecule has 14 rings (SSSR count). The monoisotopic (exact) mass is 1150 g/mol. The molecule has 0 aliphatic heterocycles. The molecule has 0 atom stereocenters. The summed E-state index contributed by atoms with van der Waals surface area (Å²) >= 11 is 0. The van der Waals surface area contributed by atoms with Gasteiger partial charge in [-0.25, -0.2) is 0 Å². The van der Waals surface area contributed by atoms with Gasteiger partial charge in [0.05, 0.1) is 0 Å². The van der Waals surface area contributed by atoms with Gasteiger partial charge in [-0.15, -0.1) is 0 Å². The van der Waals surface area contributed by atoms with Crippen molar-refractivity contribution in [2.24, 2.45) is 0 Å². The van der Waals surface area contributed by atoms with Crippen LogP contribution in [0.15, 0.2) is 218 Å². The van der Waals surface area contributed by atoms with Crippen molar-refractivity contribution in [2.45, 2.75) is 182 Å². The highest BCUT2D eigenvalue weighted by Crippen LogP contribution is 2.46. The summed E-state index contributed by atoms with van der Waals surface area (Å²) in [6.45, 7) is 27.8. The summed E-state index contributed by atoms with van der Waals surface area (Å²) in [5.74, 6) is 0. The summed E-state index contributed by atoms with van der Waals surface area (Å²) in [6.07, 6.45) is 15.6. The zero-order valence-electron chi connectivity index (χ0n) is 55.3. The van der Waals surface area contributed by atoms with Gasteiger partial charge in [-0.05, 0) is 231 Å². The molecule has 0 heterocycles. The Morgan fingerprint density at radius 1 is 0.216 bits per heavy atom. The van der Waals surface area contributed by atoms with Crippen molar-refractivity contribution in [3.05, 3.63) is 274 Å². The number of fused-ring (bicyclic) bond motifs is 6. The number of hydrogen-bond acceptors (Lipinski definition) is 0. The Morgan fingerprint density at radius 3 is 1.08 bits per heavy atom. The van der Waals surface area contributed by atoms with Crippen molar-refractivity contribution >= 4 is 32.3 Å². The lowest BCUT2D eigenvalue weighted by Crippen LogP contribution is -2.17. The lowest BCUT2D eigenvalue weighted by Gasteiger charge is -2.31. The maximum absolute atomic E-state index is 2.43. The molecule has 0 fully saturated rings. The summed E-state index contributed by atoms with van der Waals surface area (Å²) < 4.78 is 0. The lowest BCUT2D eigenvalue weighted by molar-refractivity contribution is 0.587. The first kappa shape index (κ1) is 61.8. The summed E-state index contributed by atoms with van der Waals surface area (Å²) in [5.41, 5.74) is 27.5. The molecule has 0 bridgehead atoms. The third-order valence-corrected chi connectivity index (χ3v) is 19.0. The topological polar surface area (TPSA) is 0 Å². The molecular formula is C88H96. The SMILES string of the molecule is CC(C)(C)c1ccc2c(c1-c1cccc3c1CCCC3)CCCC2.CC(C)(C)c1ccc2ccccc2c1-c1cccc2c1CCCC2.CC(C)(C)c1ccc2ccccc2c1-c1cccc2ccccc12.CC(C)(C)c1ccccc1-c1ccccc1. The Kier molecular flexibility index (Phi) is 18.3. The first-order chi connectivity index (χ1) is 42.3. The second kappa shape index (κ2) is 26.1. The summed E-state index contributed by atoms with van der Waals surface area (Å²) in [5, 5.41) is 7.98. The van der Waals surface area contributed by atoms with Gasteiger partial charge in [-0.2, -0.15) is 0 Å². The van der Waals surface area contributed by atoms with Crippen LogP contribution in [0.1, 0.15) is 177 Å². The second-order valence-electron chi connectivity index (χ2n) is 29.5. The highest BCUT2D eigenvalue weighted by Gasteiger charge is 2.28. The van der Waals surface area contributed by atoms with E-state index in [-0.39, 0.29) is 21.7 Å². The summed E-state index contributed by atoms with van der Waals surface area (Å²) in [7, 11) is 0. The summed E-state index contributed by atoms with van der Waals surface area (Å²) in [6, 6.07) is 80.2. The van der Waals surface area contributed by atoms with Crippen molar-refractivity contribution in [3.8, 4) is 44.5 Å². The van der Waals surface area contributed by atoms with Crippen molar-refractivity contribution in [3.63, 3.8) is 0 Å². The van der Waals surface area contributed by atoms with E-state index in [1.54, 1.807) is 50.1 Å². The van der Waals surface area contributed by atoms with E-state index in [4.69, 9.17) is 0 Å². The van der Waals surface area contributed by atoms with Gasteiger partial charge in [0, 0.05) is 0 Å². The highest BCUT2D eigenvalue weighted by atomic mass is 14.3. The molecule has 0 unspecified atom stereocenters. The number of aryl methyl sites for hydroxylation is 3. The fourth-order valence-corrected chi connectivity index (χ4v) is 14.6. The molecule has 448 valence electrons. The number of hydrogen-bond donors (Lipinski definition) is 0. The molecule has 88 heavy (non-hydrogen) atoms. The van der Waals surface area contributed by atoms with Gasteiger partial charge in [-0.3, -0.25) is 0 Å². The van der Waals surface area contributed by atoms with E-state index in [1.807, 2.05) is 0 Å². The molecule has 0 amide bonds. The molecule has 0 heteroatoms. The molecule has 0 saturated carbocycles. The van der Waals surface area contributed by atoms with E-state index in [0.29, 0.717) is 0 Å². The molecule has 3 aliphatic rings. The predicted molar refractivity (Wildman–Crippen MR) is 385 cm³/mol. The van der Waals surface area contributed by atoms with Gasteiger partial charge in [0.2, 0.25) is 0 Å². The molecular weight excluding hydrogens is 1060 g/mol. The molecule has 0 spiro atoms. The summed E-state index contributed by atoms with van der Waals surface area (Å²) in [4.78, 5) is 0. The average Bonchev–Trinajstić information content (AvgIpc) is 0.836. The van der Waals surface area contributed by atoms with Crippen molar-refractivity contribution in [1.29, 1.82) is 0 Å². The van der Waals surface area contributed by atoms with Crippen LogP contribution in [0.5, 0.6) is 0 Å². The molecule has 11 aromatic carbocycles. The molecule has 11 aromatic rings. The largest absolute Gasteiger partial charge is 0.0622 e. The van der Waals surface area contributed by atoms with Gasteiger partial charge in [0.1, 0.15) is 0 Å². The van der Waals surface area contributed by atoms with Crippen LogP contribution in [-0.4, -0.2) is 0 Å². The Balaban J connectivity index is 0.000000123. The van der Waals surface area contributed by atoms with Gasteiger partial charge >= 0.3 is 0 Å². The standard InChI is InChI=1S/C24H30.C24H26.C24H22.C16H18/c3*1-24(2,3)22-16-15-18-10-5-7-13-20(18)23(22)21-14-8-11-17-9-4-6-12-19(17)21;1-16(2,3)15-12-8-7-11-14(15)13-9-5-4-6-10-13/h8,11,14-16H,4-7,9-10,12-13H2,1-3H3;5,7-8,10-11,13-16H,4,6,9,12H2,1-3H3;4-16H,1-3H3;4-12H,1-3H3. The zero-order chi connectivity index (χ0) is 61.8. The van der Waals surface area contributed by atoms with E-state index in [0.717, 1.165) is 0 Å². The van der Waals surface area contributed by atoms with Gasteiger partial charge in [0.15, 0.2) is 0 Å². The third kappa shape index (κ3) is 13.4. The van der Waals surface area contributed by atoms with Crippen LogP contribution in [0.2, 0.25) is 0 Å². The van der Waals surface area contributed by atoms with Crippen molar-refractivity contribution in [2.75, 3.05) is 0 Å². The van der Waals surface area contributed by atoms with Gasteiger partial charge < -0.3 is 0 Å². The molecule has 0 nitrogen and oxygen atoms in total. The van der Waals surface area contributed by atoms with Gasteiger partial charge in [0.25, 0.3) is 0 Å². The smallest absolute Gasteiger partial charge is 0.00617 e. The molecule has 3 aliphatic carbocycles. The van der Waals surface area contributed by atoms with E-state index in [1.165, 1.54) is 159 Å². The highest BCUT2D eigenvalue weighted by molar-refractivity contribution is 6.07. The normalized spacial score (nSPS) is 14.0. The number of benzene rings is 11. The van der Waals surface area contributed by atoms with Crippen molar-refractivity contribution in [1.82, 2.24) is 0 Å². The molecule has 0 aromatic heterocycles. The zero-order valence-corrected chi connectivity index (χ0v) is 55.3. The van der Waals surface area contributed by atoms with Crippen molar-refractivity contribution < 1.29 is 0 Å². The fourth-order valence-electron chi connectivity index (χ4n) is 14.6. The molecule has 0 radical (unpaired) electrons. The second-order valence-corrected chi connectivity index (χ2v) is 29.5. The Morgan fingerprint density at radius 2 is 0.557 bits per heavy atom. The van der Waals surface area contributed by atoms with Crippen LogP contribution in [-0.2, 0) is 60.2 Å². The molecule has 0 N–H and O–H groups in total. The first-order valence-electron chi connectivity index (χ1n) is 33.3. The third-order valence-electron chi connectivity index (χ3n) is 19.0. The maximum Gasteiger partial charge on any atom is -0.00617 e. The fraction of sp³-hybridized carbons (Fsp3) is 0.318. The molecule has 0 saturated heterocycles. The maximum atomic E-state index is 2.43. The van der Waals surface area contributed by atoms with Crippen LogP contribution in [0.3, 0.4) is 0 Å². The minimum absolute atomic E-state index is 0.0936. The van der Waals surface area contributed by atoms with E-state index in [9.17, 15) is 0 Å². The Labute approximate surface area is 529 Å². The Hall–Kier alpha value is -7.80. The van der Waals surface area contributed by atoms with Crippen LogP contribution < -0.4 is 0 Å². The predicted octanol–water partition coefficient (Wildman–Crippen LogP) is 24.7. The van der Waals surface area contributed by atoms with Crippen LogP contribution in [0, 0.1) is 0 Å². The first-order valence-corrected chi connectivity index (χ1v) is 33.3. The quantitative estimate of drug-likeness (QED) is 0.165. The van der Waals surface area contributed by atoms with Crippen LogP contribution in [0.25, 0.3) is 76.8 Å². The van der Waals surface area contributed by atoms with E-state index in [2.05, 4.69) is 301 Å². The minimum Gasteiger partial charge on any atom is -0.0622 e. The lowest BCUT2D eigenvalue weighted by atomic mass is 9.74. The van der Waals surface area contributed by atoms with E-state index >= 15 is 0 Å². The number of rotatable bonds is 4. The minimum atomic E-state index is 0.0936. The average molecular weight is 1150 g/mol. The Bertz CT molecular complexity index is 4220.